The molecule has 1 amide bonds. The van der Waals surface area contributed by atoms with Crippen molar-refractivity contribution < 1.29 is 4.79 Å². The Morgan fingerprint density at radius 1 is 1.00 bits per heavy atom. The molecule has 6 heteroatoms. The lowest BCUT2D eigenvalue weighted by Gasteiger charge is -2.29. The highest BCUT2D eigenvalue weighted by atomic mass is 16.1. The molecular weight excluding hydrogens is 422 g/mol. The molecule has 1 fully saturated rings. The summed E-state index contributed by atoms with van der Waals surface area (Å²) in [5.74, 6) is 2.17. The monoisotopic (exact) mass is 459 g/mol. The molecular formula is C28H37N5O. The van der Waals surface area contributed by atoms with E-state index in [0.717, 1.165) is 60.9 Å². The van der Waals surface area contributed by atoms with Gasteiger partial charge < -0.3 is 15.5 Å². The Morgan fingerprint density at radius 2 is 1.74 bits per heavy atom. The molecule has 1 aliphatic rings. The van der Waals surface area contributed by atoms with Crippen molar-refractivity contribution >= 4 is 28.6 Å². The normalized spacial score (nSPS) is 18.0. The summed E-state index contributed by atoms with van der Waals surface area (Å²) in [6.07, 6.45) is 7.74. The quantitative estimate of drug-likeness (QED) is 0.446. The molecule has 2 N–H and O–H groups in total. The number of nitrogens with one attached hydrogen (secondary N) is 2. The third-order valence-electron chi connectivity index (χ3n) is 6.77. The highest BCUT2D eigenvalue weighted by Gasteiger charge is 2.23. The zero-order valence-corrected chi connectivity index (χ0v) is 20.7. The third-order valence-corrected chi connectivity index (χ3v) is 6.77. The van der Waals surface area contributed by atoms with Crippen LogP contribution in [0, 0.1) is 5.92 Å². The van der Waals surface area contributed by atoms with Crippen molar-refractivity contribution in [3.63, 3.8) is 0 Å². The lowest BCUT2D eigenvalue weighted by molar-refractivity contribution is 0.0943. The van der Waals surface area contributed by atoms with Crippen LogP contribution in [0.15, 0.2) is 48.5 Å². The zero-order valence-electron chi connectivity index (χ0n) is 20.7. The number of hydrogen-bond donors (Lipinski definition) is 2. The summed E-state index contributed by atoms with van der Waals surface area (Å²) in [4.78, 5) is 24.1. The largest absolute Gasteiger partial charge is 0.362 e. The first kappa shape index (κ1) is 24.0. The van der Waals surface area contributed by atoms with Gasteiger partial charge >= 0.3 is 0 Å². The molecule has 2 aromatic carbocycles. The summed E-state index contributed by atoms with van der Waals surface area (Å²) < 4.78 is 0. The van der Waals surface area contributed by atoms with Crippen LogP contribution in [0.1, 0.15) is 61.4 Å². The topological polar surface area (TPSA) is 70.2 Å². The summed E-state index contributed by atoms with van der Waals surface area (Å²) in [6, 6.07) is 16.6. The molecule has 0 unspecified atom stereocenters. The Hall–Kier alpha value is -3.15. The minimum atomic E-state index is 0.0306. The Bertz CT molecular complexity index is 1090. The van der Waals surface area contributed by atoms with E-state index < -0.39 is 0 Å². The fourth-order valence-corrected chi connectivity index (χ4v) is 4.70. The van der Waals surface area contributed by atoms with E-state index in [1.54, 1.807) is 0 Å². The number of unbranched alkanes of at least 4 members (excludes halogenated alkanes) is 1. The Balaban J connectivity index is 1.26. The van der Waals surface area contributed by atoms with Gasteiger partial charge in [-0.1, -0.05) is 37.6 Å². The average molecular weight is 460 g/mol. The molecule has 0 bridgehead atoms. The number of carbonyl (C=O) groups is 1. The number of aryl methyl sites for hydroxylation is 1. The fraction of sp³-hybridized carbons (Fsp3) is 0.464. The zero-order chi connectivity index (χ0) is 23.9. The van der Waals surface area contributed by atoms with E-state index in [1.165, 1.54) is 18.4 Å². The van der Waals surface area contributed by atoms with E-state index >= 15 is 0 Å². The maximum atomic E-state index is 12.6. The maximum Gasteiger partial charge on any atom is 0.251 e. The number of amides is 1. The molecule has 0 spiro atoms. The van der Waals surface area contributed by atoms with Crippen molar-refractivity contribution in [1.29, 1.82) is 0 Å². The van der Waals surface area contributed by atoms with Crippen LogP contribution in [0.4, 0.5) is 11.8 Å². The summed E-state index contributed by atoms with van der Waals surface area (Å²) >= 11 is 0. The van der Waals surface area contributed by atoms with Crippen molar-refractivity contribution in [1.82, 2.24) is 15.3 Å². The molecule has 1 saturated carbocycles. The van der Waals surface area contributed by atoms with Gasteiger partial charge in [-0.2, -0.15) is 4.98 Å². The highest BCUT2D eigenvalue weighted by Crippen LogP contribution is 2.28. The number of fused-ring (bicyclic) bond motifs is 1. The van der Waals surface area contributed by atoms with Crippen molar-refractivity contribution in [3.05, 3.63) is 59.7 Å². The number of nitrogens with zero attached hydrogens (tertiary/aromatic N) is 3. The second-order valence-corrected chi connectivity index (χ2v) is 9.65. The first-order chi connectivity index (χ1) is 16.5. The number of hydrogen-bond acceptors (Lipinski definition) is 5. The molecule has 1 aromatic heterocycles. The SMILES string of the molecule is CCCCc1ccc(C(=O)NCC2CCC(Nc3nc(N(C)C)c4ccccc4n3)CC2)cc1. The molecule has 0 saturated heterocycles. The lowest BCUT2D eigenvalue weighted by Crippen LogP contribution is -2.34. The van der Waals surface area contributed by atoms with Crippen LogP contribution in [0.3, 0.4) is 0 Å². The molecule has 3 aromatic rings. The second-order valence-electron chi connectivity index (χ2n) is 9.65. The van der Waals surface area contributed by atoms with E-state index in [2.05, 4.69) is 35.8 Å². The van der Waals surface area contributed by atoms with Crippen molar-refractivity contribution in [3.8, 4) is 0 Å². The molecule has 180 valence electrons. The summed E-state index contributed by atoms with van der Waals surface area (Å²) in [6.45, 7) is 2.93. The lowest BCUT2D eigenvalue weighted by atomic mass is 9.86. The molecule has 0 aliphatic heterocycles. The first-order valence-electron chi connectivity index (χ1n) is 12.6. The predicted molar refractivity (Wildman–Crippen MR) is 141 cm³/mol. The van der Waals surface area contributed by atoms with Crippen LogP contribution in [0.25, 0.3) is 10.9 Å². The number of anilines is 2. The van der Waals surface area contributed by atoms with Gasteiger partial charge in [0, 0.05) is 37.6 Å². The molecule has 34 heavy (non-hydrogen) atoms. The van der Waals surface area contributed by atoms with Crippen molar-refractivity contribution in [2.45, 2.75) is 57.9 Å². The van der Waals surface area contributed by atoms with Crippen LogP contribution in [-0.4, -0.2) is 42.6 Å². The minimum absolute atomic E-state index is 0.0306. The van der Waals surface area contributed by atoms with Gasteiger partial charge in [-0.15, -0.1) is 0 Å². The molecule has 4 rings (SSSR count). The van der Waals surface area contributed by atoms with Crippen LogP contribution in [-0.2, 0) is 6.42 Å². The Morgan fingerprint density at radius 3 is 2.44 bits per heavy atom. The smallest absolute Gasteiger partial charge is 0.251 e. The van der Waals surface area contributed by atoms with Gasteiger partial charge in [0.15, 0.2) is 0 Å². The van der Waals surface area contributed by atoms with Gasteiger partial charge in [-0.3, -0.25) is 4.79 Å². The maximum absolute atomic E-state index is 12.6. The van der Waals surface area contributed by atoms with Crippen LogP contribution >= 0.6 is 0 Å². The van der Waals surface area contributed by atoms with E-state index in [0.29, 0.717) is 17.9 Å². The number of aromatic nitrogens is 2. The van der Waals surface area contributed by atoms with Crippen molar-refractivity contribution in [2.75, 3.05) is 30.9 Å². The molecule has 6 nitrogen and oxygen atoms in total. The van der Waals surface area contributed by atoms with Gasteiger partial charge in [0.1, 0.15) is 5.82 Å². The van der Waals surface area contributed by atoms with Gasteiger partial charge in [0.05, 0.1) is 5.52 Å². The van der Waals surface area contributed by atoms with Crippen molar-refractivity contribution in [2.24, 2.45) is 5.92 Å². The molecule has 1 aliphatic carbocycles. The van der Waals surface area contributed by atoms with Gasteiger partial charge in [-0.25, -0.2) is 4.98 Å². The average Bonchev–Trinajstić information content (AvgIpc) is 2.86. The molecule has 0 atom stereocenters. The Labute approximate surface area is 203 Å². The number of carbonyl (C=O) groups excluding carboxylic acids is 1. The predicted octanol–water partition coefficient (Wildman–Crippen LogP) is 5.44. The number of para-hydroxylation sites is 1. The molecule has 0 radical (unpaired) electrons. The van der Waals surface area contributed by atoms with E-state index in [9.17, 15) is 4.79 Å². The number of benzene rings is 2. The minimum Gasteiger partial charge on any atom is -0.362 e. The standard InChI is InChI=1S/C28H37N5O/c1-4-5-8-20-11-15-22(16-12-20)27(34)29-19-21-13-17-23(18-14-21)30-28-31-25-10-7-6-9-24(25)26(32-28)33(2)3/h6-7,9-12,15-16,21,23H,4-5,8,13-14,17-19H2,1-3H3,(H,29,34)(H,30,31,32). The summed E-state index contributed by atoms with van der Waals surface area (Å²) in [7, 11) is 4.03. The van der Waals surface area contributed by atoms with Gasteiger partial charge in [0.2, 0.25) is 5.95 Å². The highest BCUT2D eigenvalue weighted by molar-refractivity contribution is 5.94. The van der Waals surface area contributed by atoms with Crippen LogP contribution in [0.5, 0.6) is 0 Å². The first-order valence-corrected chi connectivity index (χ1v) is 12.6. The number of rotatable bonds is 9. The Kier molecular flexibility index (Phi) is 7.99. The van der Waals surface area contributed by atoms with Crippen LogP contribution in [0.2, 0.25) is 0 Å². The van der Waals surface area contributed by atoms with E-state index in [1.807, 2.05) is 49.3 Å². The summed E-state index contributed by atoms with van der Waals surface area (Å²) in [5.41, 5.74) is 3.01. The van der Waals surface area contributed by atoms with Gasteiger partial charge in [0.25, 0.3) is 5.91 Å². The third kappa shape index (κ3) is 6.04. The van der Waals surface area contributed by atoms with Gasteiger partial charge in [-0.05, 0) is 74.3 Å². The summed E-state index contributed by atoms with van der Waals surface area (Å²) in [5, 5.41) is 7.77. The fourth-order valence-electron chi connectivity index (χ4n) is 4.70. The van der Waals surface area contributed by atoms with E-state index in [-0.39, 0.29) is 5.91 Å². The van der Waals surface area contributed by atoms with Crippen LogP contribution < -0.4 is 15.5 Å². The molecule has 1 heterocycles. The second kappa shape index (κ2) is 11.3. The van der Waals surface area contributed by atoms with E-state index in [4.69, 9.17) is 9.97 Å².